The number of anilines is 1. The molecule has 1 aliphatic carbocycles. The van der Waals surface area contributed by atoms with Crippen molar-refractivity contribution in [2.45, 2.75) is 26.2 Å². The van der Waals surface area contributed by atoms with E-state index in [2.05, 4.69) is 24.5 Å². The molecule has 1 aliphatic rings. The SMILES string of the molecule is CC1CCC(CNc2ccc(C(N)=S)c(F)c2F)C1. The molecule has 0 aliphatic heterocycles. The normalized spacial score (nSPS) is 22.5. The lowest BCUT2D eigenvalue weighted by Crippen LogP contribution is -2.16. The highest BCUT2D eigenvalue weighted by atomic mass is 32.1. The fourth-order valence-electron chi connectivity index (χ4n) is 2.64. The summed E-state index contributed by atoms with van der Waals surface area (Å²) in [5.41, 5.74) is 5.46. The molecule has 0 radical (unpaired) electrons. The molecule has 1 saturated carbocycles. The van der Waals surface area contributed by atoms with Crippen molar-refractivity contribution in [1.29, 1.82) is 0 Å². The molecule has 0 heterocycles. The van der Waals surface area contributed by atoms with Gasteiger partial charge >= 0.3 is 0 Å². The molecule has 5 heteroatoms. The zero-order chi connectivity index (χ0) is 14.0. The second-order valence-corrected chi connectivity index (χ2v) is 5.76. The zero-order valence-corrected chi connectivity index (χ0v) is 11.7. The molecular formula is C14H18F2N2S. The predicted molar refractivity (Wildman–Crippen MR) is 77.2 cm³/mol. The number of halogens is 2. The molecule has 0 spiro atoms. The highest BCUT2D eigenvalue weighted by molar-refractivity contribution is 7.80. The van der Waals surface area contributed by atoms with E-state index < -0.39 is 11.6 Å². The van der Waals surface area contributed by atoms with E-state index >= 15 is 0 Å². The van der Waals surface area contributed by atoms with Gasteiger partial charge in [0.15, 0.2) is 11.6 Å². The summed E-state index contributed by atoms with van der Waals surface area (Å²) < 4.78 is 27.5. The molecule has 0 amide bonds. The van der Waals surface area contributed by atoms with Crippen molar-refractivity contribution in [3.63, 3.8) is 0 Å². The van der Waals surface area contributed by atoms with E-state index in [4.69, 9.17) is 5.73 Å². The Kier molecular flexibility index (Phi) is 4.34. The maximum Gasteiger partial charge on any atom is 0.182 e. The number of thiocarbonyl (C=S) groups is 1. The Balaban J connectivity index is 2.05. The van der Waals surface area contributed by atoms with E-state index in [-0.39, 0.29) is 16.2 Å². The van der Waals surface area contributed by atoms with Gasteiger partial charge in [0.25, 0.3) is 0 Å². The third kappa shape index (κ3) is 3.21. The van der Waals surface area contributed by atoms with Crippen LogP contribution in [0.15, 0.2) is 12.1 Å². The van der Waals surface area contributed by atoms with Crippen LogP contribution < -0.4 is 11.1 Å². The number of hydrogen-bond donors (Lipinski definition) is 2. The van der Waals surface area contributed by atoms with E-state index in [1.165, 1.54) is 18.6 Å². The third-order valence-electron chi connectivity index (χ3n) is 3.73. The highest BCUT2D eigenvalue weighted by Gasteiger charge is 2.22. The summed E-state index contributed by atoms with van der Waals surface area (Å²) in [5, 5.41) is 2.98. The van der Waals surface area contributed by atoms with Gasteiger partial charge in [-0.2, -0.15) is 0 Å². The quantitative estimate of drug-likeness (QED) is 0.832. The van der Waals surface area contributed by atoms with E-state index in [9.17, 15) is 8.78 Å². The molecule has 2 atom stereocenters. The van der Waals surface area contributed by atoms with Crippen molar-refractivity contribution in [3.8, 4) is 0 Å². The molecule has 0 saturated heterocycles. The molecular weight excluding hydrogens is 266 g/mol. The smallest absolute Gasteiger partial charge is 0.182 e. The Bertz CT molecular complexity index is 491. The lowest BCUT2D eigenvalue weighted by atomic mass is 10.1. The van der Waals surface area contributed by atoms with Crippen molar-refractivity contribution in [3.05, 3.63) is 29.3 Å². The maximum atomic E-state index is 13.8. The average molecular weight is 284 g/mol. The van der Waals surface area contributed by atoms with Crippen LogP contribution >= 0.6 is 12.2 Å². The Morgan fingerprint density at radius 2 is 2.11 bits per heavy atom. The van der Waals surface area contributed by atoms with Gasteiger partial charge in [0.2, 0.25) is 0 Å². The fourth-order valence-corrected chi connectivity index (χ4v) is 2.80. The maximum absolute atomic E-state index is 13.8. The summed E-state index contributed by atoms with van der Waals surface area (Å²) in [6, 6.07) is 2.91. The monoisotopic (exact) mass is 284 g/mol. The molecule has 1 aromatic rings. The molecule has 19 heavy (non-hydrogen) atoms. The van der Waals surface area contributed by atoms with Crippen molar-refractivity contribution in [2.24, 2.45) is 17.6 Å². The minimum atomic E-state index is -0.975. The van der Waals surface area contributed by atoms with E-state index in [0.29, 0.717) is 12.5 Å². The number of benzene rings is 1. The second-order valence-electron chi connectivity index (χ2n) is 5.32. The van der Waals surface area contributed by atoms with Crippen LogP contribution in [0.5, 0.6) is 0 Å². The van der Waals surface area contributed by atoms with Crippen molar-refractivity contribution in [2.75, 3.05) is 11.9 Å². The molecule has 3 N–H and O–H groups in total. The summed E-state index contributed by atoms with van der Waals surface area (Å²) in [6.07, 6.45) is 3.49. The standard InChI is InChI=1S/C14H18F2N2S/c1-8-2-3-9(6-8)7-18-11-5-4-10(14(17)19)12(15)13(11)16/h4-5,8-9,18H,2-3,6-7H2,1H3,(H2,17,19). The molecule has 104 valence electrons. The minimum absolute atomic E-state index is 0.0486. The van der Waals surface area contributed by atoms with Crippen LogP contribution in [0.4, 0.5) is 14.5 Å². The summed E-state index contributed by atoms with van der Waals surface area (Å²) in [4.78, 5) is -0.132. The molecule has 2 rings (SSSR count). The van der Waals surface area contributed by atoms with E-state index in [1.807, 2.05) is 0 Å². The van der Waals surface area contributed by atoms with Crippen LogP contribution in [0.1, 0.15) is 31.7 Å². The van der Waals surface area contributed by atoms with Gasteiger partial charge in [0, 0.05) is 12.1 Å². The Labute approximate surface area is 117 Å². The summed E-state index contributed by atoms with van der Waals surface area (Å²) >= 11 is 4.67. The lowest BCUT2D eigenvalue weighted by molar-refractivity contribution is 0.505. The van der Waals surface area contributed by atoms with Gasteiger partial charge in [-0.3, -0.25) is 0 Å². The van der Waals surface area contributed by atoms with Gasteiger partial charge in [-0.25, -0.2) is 8.78 Å². The Morgan fingerprint density at radius 1 is 1.37 bits per heavy atom. The topological polar surface area (TPSA) is 38.0 Å². The van der Waals surface area contributed by atoms with Crippen LogP contribution in [-0.4, -0.2) is 11.5 Å². The predicted octanol–water partition coefficient (Wildman–Crippen LogP) is 3.45. The van der Waals surface area contributed by atoms with Gasteiger partial charge in [-0.05, 0) is 36.8 Å². The van der Waals surface area contributed by atoms with Gasteiger partial charge < -0.3 is 11.1 Å². The first kappa shape index (κ1) is 14.2. The third-order valence-corrected chi connectivity index (χ3v) is 3.95. The molecule has 0 aromatic heterocycles. The lowest BCUT2D eigenvalue weighted by Gasteiger charge is -2.14. The Morgan fingerprint density at radius 3 is 2.68 bits per heavy atom. The molecule has 0 bridgehead atoms. The molecule has 1 aromatic carbocycles. The first-order valence-electron chi connectivity index (χ1n) is 6.50. The van der Waals surface area contributed by atoms with E-state index in [0.717, 1.165) is 18.8 Å². The van der Waals surface area contributed by atoms with Gasteiger partial charge in [0.1, 0.15) is 4.99 Å². The average Bonchev–Trinajstić information content (AvgIpc) is 2.76. The van der Waals surface area contributed by atoms with Crippen molar-refractivity contribution < 1.29 is 8.78 Å². The van der Waals surface area contributed by atoms with Crippen LogP contribution in [0.25, 0.3) is 0 Å². The molecule has 2 nitrogen and oxygen atoms in total. The second kappa shape index (κ2) is 5.82. The van der Waals surface area contributed by atoms with Gasteiger partial charge in [0.05, 0.1) is 5.69 Å². The van der Waals surface area contributed by atoms with Gasteiger partial charge in [-0.1, -0.05) is 25.6 Å². The highest BCUT2D eigenvalue weighted by Crippen LogP contribution is 2.31. The minimum Gasteiger partial charge on any atom is -0.389 e. The van der Waals surface area contributed by atoms with Crippen LogP contribution in [0.3, 0.4) is 0 Å². The van der Waals surface area contributed by atoms with Crippen LogP contribution in [-0.2, 0) is 0 Å². The Hall–Kier alpha value is -1.23. The number of rotatable bonds is 4. The van der Waals surface area contributed by atoms with Crippen LogP contribution in [0, 0.1) is 23.5 Å². The summed E-state index contributed by atoms with van der Waals surface area (Å²) in [5.74, 6) is -0.619. The number of hydrogen-bond acceptors (Lipinski definition) is 2. The zero-order valence-electron chi connectivity index (χ0n) is 10.9. The largest absolute Gasteiger partial charge is 0.389 e. The van der Waals surface area contributed by atoms with E-state index in [1.54, 1.807) is 0 Å². The molecule has 1 fully saturated rings. The number of nitrogens with one attached hydrogen (secondary N) is 1. The summed E-state index contributed by atoms with van der Waals surface area (Å²) in [7, 11) is 0. The van der Waals surface area contributed by atoms with Gasteiger partial charge in [-0.15, -0.1) is 0 Å². The summed E-state index contributed by atoms with van der Waals surface area (Å²) in [6.45, 7) is 2.89. The fraction of sp³-hybridized carbons (Fsp3) is 0.500. The number of nitrogens with two attached hydrogens (primary N) is 1. The first-order chi connectivity index (χ1) is 8.99. The molecule has 2 unspecified atom stereocenters. The van der Waals surface area contributed by atoms with Crippen molar-refractivity contribution >= 4 is 22.9 Å². The van der Waals surface area contributed by atoms with Crippen LogP contribution in [0.2, 0.25) is 0 Å². The first-order valence-corrected chi connectivity index (χ1v) is 6.91. The van der Waals surface area contributed by atoms with Crippen molar-refractivity contribution in [1.82, 2.24) is 0 Å².